The number of nitrogens with zero attached hydrogens (tertiary/aromatic N) is 3. The molecule has 2 aliphatic rings. The van der Waals surface area contributed by atoms with Crippen LogP contribution in [-0.2, 0) is 4.74 Å². The van der Waals surface area contributed by atoms with Crippen LogP contribution in [0.4, 0.5) is 0 Å². The van der Waals surface area contributed by atoms with Gasteiger partial charge in [0.2, 0.25) is 0 Å². The molecule has 1 aliphatic heterocycles. The minimum absolute atomic E-state index is 0.259. The summed E-state index contributed by atoms with van der Waals surface area (Å²) in [5.41, 5.74) is 2.17. The van der Waals surface area contributed by atoms with Crippen molar-refractivity contribution < 1.29 is 4.74 Å². The predicted molar refractivity (Wildman–Crippen MR) is 79.7 cm³/mol. The van der Waals surface area contributed by atoms with Crippen LogP contribution in [-0.4, -0.2) is 46.2 Å². The van der Waals surface area contributed by atoms with Crippen LogP contribution in [0.1, 0.15) is 24.7 Å². The highest BCUT2D eigenvalue weighted by Crippen LogP contribution is 2.33. The molecule has 0 bridgehead atoms. The molecule has 21 heavy (non-hydrogen) atoms. The van der Waals surface area contributed by atoms with Crippen molar-refractivity contribution in [3.8, 4) is 11.3 Å². The summed E-state index contributed by atoms with van der Waals surface area (Å²) in [6.45, 7) is 3.75. The molecule has 5 heteroatoms. The maximum Gasteiger partial charge on any atom is 0.126 e. The van der Waals surface area contributed by atoms with Gasteiger partial charge in [0.1, 0.15) is 5.82 Å². The lowest BCUT2D eigenvalue weighted by atomic mass is 10.2. The van der Waals surface area contributed by atoms with Crippen LogP contribution >= 0.6 is 0 Å². The molecular weight excluding hydrogens is 264 g/mol. The average molecular weight is 284 g/mol. The number of aromatic nitrogens is 3. The van der Waals surface area contributed by atoms with E-state index in [0.717, 1.165) is 42.8 Å². The summed E-state index contributed by atoms with van der Waals surface area (Å²) < 4.78 is 5.67. The third-order valence-corrected chi connectivity index (χ3v) is 4.33. The second-order valence-corrected chi connectivity index (χ2v) is 5.95. The molecule has 1 aliphatic carbocycles. The summed E-state index contributed by atoms with van der Waals surface area (Å²) in [5, 5.41) is 0. The lowest BCUT2D eigenvalue weighted by Gasteiger charge is -2.34. The van der Waals surface area contributed by atoms with Gasteiger partial charge in [-0.25, -0.2) is 4.98 Å². The third kappa shape index (κ3) is 2.84. The van der Waals surface area contributed by atoms with E-state index in [1.807, 2.05) is 18.3 Å². The first-order valence-electron chi connectivity index (χ1n) is 7.67. The number of aromatic amines is 1. The highest BCUT2D eigenvalue weighted by atomic mass is 16.5. The van der Waals surface area contributed by atoms with Gasteiger partial charge in [0.15, 0.2) is 0 Å². The zero-order valence-corrected chi connectivity index (χ0v) is 12.0. The van der Waals surface area contributed by atoms with Gasteiger partial charge in [-0.05, 0) is 30.9 Å². The van der Waals surface area contributed by atoms with Crippen molar-refractivity contribution in [2.75, 3.05) is 26.3 Å². The first-order valence-corrected chi connectivity index (χ1v) is 7.67. The summed E-state index contributed by atoms with van der Waals surface area (Å²) in [4.78, 5) is 14.6. The number of H-pyrrole nitrogens is 1. The van der Waals surface area contributed by atoms with Gasteiger partial charge in [-0.15, -0.1) is 0 Å². The smallest absolute Gasteiger partial charge is 0.126 e. The monoisotopic (exact) mass is 284 g/mol. The largest absolute Gasteiger partial charge is 0.378 e. The van der Waals surface area contributed by atoms with Crippen LogP contribution in [0.15, 0.2) is 30.7 Å². The molecule has 0 spiro atoms. The SMILES string of the molecule is c1cc(-c2cnc([C@@H]3COCCN3CC3CC3)[nH]2)ccn1. The van der Waals surface area contributed by atoms with Gasteiger partial charge >= 0.3 is 0 Å². The zero-order valence-electron chi connectivity index (χ0n) is 12.0. The van der Waals surface area contributed by atoms with Crippen molar-refractivity contribution in [2.45, 2.75) is 18.9 Å². The Balaban J connectivity index is 1.55. The van der Waals surface area contributed by atoms with Crippen molar-refractivity contribution in [1.29, 1.82) is 0 Å². The highest BCUT2D eigenvalue weighted by Gasteiger charge is 2.32. The van der Waals surface area contributed by atoms with Gasteiger partial charge in [-0.1, -0.05) is 0 Å². The normalized spacial score (nSPS) is 23.3. The standard InChI is InChI=1S/C16H20N4O/c1-2-12(1)10-20-7-8-21-11-15(20)16-18-9-14(19-16)13-3-5-17-6-4-13/h3-6,9,12,15H,1-2,7-8,10-11H2,(H,18,19)/t15-/m0/s1. The van der Waals surface area contributed by atoms with Crippen LogP contribution in [0.25, 0.3) is 11.3 Å². The third-order valence-electron chi connectivity index (χ3n) is 4.33. The fourth-order valence-corrected chi connectivity index (χ4v) is 2.92. The maximum atomic E-state index is 5.67. The minimum Gasteiger partial charge on any atom is -0.378 e. The van der Waals surface area contributed by atoms with Crippen LogP contribution in [0.5, 0.6) is 0 Å². The molecule has 1 saturated heterocycles. The molecule has 110 valence electrons. The summed E-state index contributed by atoms with van der Waals surface area (Å²) in [5.74, 6) is 1.90. The Morgan fingerprint density at radius 1 is 1.29 bits per heavy atom. The van der Waals surface area contributed by atoms with E-state index in [2.05, 4.69) is 19.9 Å². The van der Waals surface area contributed by atoms with E-state index in [1.54, 1.807) is 12.4 Å². The minimum atomic E-state index is 0.259. The molecule has 2 fully saturated rings. The maximum absolute atomic E-state index is 5.67. The number of rotatable bonds is 4. The fourth-order valence-electron chi connectivity index (χ4n) is 2.92. The Morgan fingerprint density at radius 2 is 2.14 bits per heavy atom. The molecule has 0 aromatic carbocycles. The molecule has 0 unspecified atom stereocenters. The van der Waals surface area contributed by atoms with Gasteiger partial charge < -0.3 is 9.72 Å². The second kappa shape index (κ2) is 5.58. The van der Waals surface area contributed by atoms with Gasteiger partial charge in [0, 0.05) is 31.0 Å². The van der Waals surface area contributed by atoms with Crippen molar-refractivity contribution >= 4 is 0 Å². The Kier molecular flexibility index (Phi) is 3.45. The highest BCUT2D eigenvalue weighted by molar-refractivity contribution is 5.57. The Hall–Kier alpha value is -1.72. The molecule has 3 heterocycles. The number of nitrogens with one attached hydrogen (secondary N) is 1. The number of hydrogen-bond acceptors (Lipinski definition) is 4. The van der Waals surface area contributed by atoms with E-state index in [1.165, 1.54) is 19.4 Å². The Labute approximate surface area is 124 Å². The second-order valence-electron chi connectivity index (χ2n) is 5.95. The summed E-state index contributed by atoms with van der Waals surface area (Å²) in [7, 11) is 0. The number of pyridine rings is 1. The number of ether oxygens (including phenoxy) is 1. The van der Waals surface area contributed by atoms with E-state index in [4.69, 9.17) is 4.74 Å². The molecule has 1 atom stereocenters. The van der Waals surface area contributed by atoms with E-state index in [-0.39, 0.29) is 6.04 Å². The molecule has 5 nitrogen and oxygen atoms in total. The van der Waals surface area contributed by atoms with E-state index in [0.29, 0.717) is 0 Å². The van der Waals surface area contributed by atoms with Crippen LogP contribution in [0.2, 0.25) is 0 Å². The zero-order chi connectivity index (χ0) is 14.1. The van der Waals surface area contributed by atoms with Crippen molar-refractivity contribution in [3.63, 3.8) is 0 Å². The van der Waals surface area contributed by atoms with Crippen LogP contribution in [0.3, 0.4) is 0 Å². The van der Waals surface area contributed by atoms with Crippen molar-refractivity contribution in [2.24, 2.45) is 5.92 Å². The fraction of sp³-hybridized carbons (Fsp3) is 0.500. The van der Waals surface area contributed by atoms with Crippen molar-refractivity contribution in [3.05, 3.63) is 36.5 Å². The molecule has 0 amide bonds. The molecule has 0 radical (unpaired) electrons. The van der Waals surface area contributed by atoms with Gasteiger partial charge in [-0.3, -0.25) is 9.88 Å². The Bertz CT molecular complexity index is 593. The van der Waals surface area contributed by atoms with Crippen molar-refractivity contribution in [1.82, 2.24) is 19.9 Å². The van der Waals surface area contributed by atoms with E-state index < -0.39 is 0 Å². The predicted octanol–water partition coefficient (Wildman–Crippen LogP) is 2.25. The summed E-state index contributed by atoms with van der Waals surface area (Å²) in [6, 6.07) is 4.25. The molecule has 2 aromatic rings. The quantitative estimate of drug-likeness (QED) is 0.935. The summed E-state index contributed by atoms with van der Waals surface area (Å²) >= 11 is 0. The van der Waals surface area contributed by atoms with E-state index in [9.17, 15) is 0 Å². The van der Waals surface area contributed by atoms with Crippen LogP contribution in [0, 0.1) is 5.92 Å². The lowest BCUT2D eigenvalue weighted by Crippen LogP contribution is -2.41. The lowest BCUT2D eigenvalue weighted by molar-refractivity contribution is -0.0134. The van der Waals surface area contributed by atoms with Gasteiger partial charge in [0.05, 0.1) is 31.1 Å². The molecule has 4 rings (SSSR count). The first-order chi connectivity index (χ1) is 10.4. The van der Waals surface area contributed by atoms with Gasteiger partial charge in [-0.2, -0.15) is 0 Å². The first kappa shape index (κ1) is 13.0. The topological polar surface area (TPSA) is 54.0 Å². The molecule has 1 saturated carbocycles. The number of imidazole rings is 1. The van der Waals surface area contributed by atoms with Gasteiger partial charge in [0.25, 0.3) is 0 Å². The van der Waals surface area contributed by atoms with E-state index >= 15 is 0 Å². The Morgan fingerprint density at radius 3 is 2.95 bits per heavy atom. The number of hydrogen-bond donors (Lipinski definition) is 1. The molecular formula is C16H20N4O. The molecule has 2 aromatic heterocycles. The van der Waals surface area contributed by atoms with Crippen LogP contribution < -0.4 is 0 Å². The number of morpholine rings is 1. The summed E-state index contributed by atoms with van der Waals surface area (Å²) in [6.07, 6.45) is 8.28. The molecule has 1 N–H and O–H groups in total. The average Bonchev–Trinajstić information content (AvgIpc) is 3.22.